The van der Waals surface area contributed by atoms with E-state index in [2.05, 4.69) is 67.7 Å². The maximum atomic E-state index is 3.49. The molecule has 0 bridgehead atoms. The van der Waals surface area contributed by atoms with E-state index in [1.165, 1.54) is 22.4 Å². The number of anilines is 1. The van der Waals surface area contributed by atoms with E-state index >= 15 is 0 Å². The van der Waals surface area contributed by atoms with Crippen molar-refractivity contribution in [3.63, 3.8) is 0 Å². The van der Waals surface area contributed by atoms with Gasteiger partial charge in [0, 0.05) is 17.8 Å². The molecule has 2 aromatic carbocycles. The maximum absolute atomic E-state index is 3.49. The Morgan fingerprint density at radius 3 is 2.24 bits per heavy atom. The summed E-state index contributed by atoms with van der Waals surface area (Å²) >= 11 is 0. The van der Waals surface area contributed by atoms with Crippen LogP contribution in [0.5, 0.6) is 0 Å². The molecule has 0 saturated carbocycles. The molecule has 0 unspecified atom stereocenters. The molecule has 0 radical (unpaired) electrons. The number of hydrogen-bond acceptors (Lipinski definition) is 1. The highest BCUT2D eigenvalue weighted by Gasteiger charge is 2.05. The van der Waals surface area contributed by atoms with Crippen LogP contribution in [0, 0.1) is 6.92 Å². The quantitative estimate of drug-likeness (QED) is 0.808. The molecule has 0 fully saturated rings. The fourth-order valence-corrected chi connectivity index (χ4v) is 2.01. The summed E-state index contributed by atoms with van der Waals surface area (Å²) in [7, 11) is 0. The number of rotatable bonds is 4. The Hall–Kier alpha value is -1.76. The van der Waals surface area contributed by atoms with E-state index in [0.29, 0.717) is 0 Å². The molecule has 1 nitrogen and oxygen atoms in total. The van der Waals surface area contributed by atoms with Crippen molar-refractivity contribution < 1.29 is 0 Å². The zero-order chi connectivity index (χ0) is 12.1. The molecule has 1 heteroatoms. The Kier molecular flexibility index (Phi) is 3.81. The predicted octanol–water partition coefficient (Wildman–Crippen LogP) is 4.48. The normalized spacial score (nSPS) is 10.2. The molecule has 0 aliphatic rings. The van der Waals surface area contributed by atoms with Crippen LogP contribution in [0.15, 0.2) is 48.5 Å². The number of aryl methyl sites for hydroxylation is 1. The molecule has 2 rings (SSSR count). The molecule has 17 heavy (non-hydrogen) atoms. The lowest BCUT2D eigenvalue weighted by molar-refractivity contribution is 0.980. The minimum absolute atomic E-state index is 1.02. The fraction of sp³-hybridized carbons (Fsp3) is 0.250. The van der Waals surface area contributed by atoms with Gasteiger partial charge < -0.3 is 5.32 Å². The minimum Gasteiger partial charge on any atom is -0.385 e. The van der Waals surface area contributed by atoms with Gasteiger partial charge in [0.25, 0.3) is 0 Å². The van der Waals surface area contributed by atoms with Gasteiger partial charge in [0.1, 0.15) is 0 Å². The second kappa shape index (κ2) is 5.53. The van der Waals surface area contributed by atoms with Crippen molar-refractivity contribution in [3.05, 3.63) is 54.1 Å². The van der Waals surface area contributed by atoms with Crippen molar-refractivity contribution >= 4 is 5.69 Å². The van der Waals surface area contributed by atoms with Crippen LogP contribution in [0.1, 0.15) is 18.9 Å². The smallest absolute Gasteiger partial charge is 0.0419 e. The molecular weight excluding hydrogens is 206 g/mol. The van der Waals surface area contributed by atoms with Crippen LogP contribution in [0.2, 0.25) is 0 Å². The highest BCUT2D eigenvalue weighted by molar-refractivity contribution is 5.79. The first-order valence-corrected chi connectivity index (χ1v) is 6.22. The lowest BCUT2D eigenvalue weighted by Crippen LogP contribution is -2.01. The van der Waals surface area contributed by atoms with Gasteiger partial charge in [-0.25, -0.2) is 0 Å². The SMILES string of the molecule is CCCNc1ccccc1-c1ccccc1C. The molecule has 0 saturated heterocycles. The average Bonchev–Trinajstić information content (AvgIpc) is 2.37. The van der Waals surface area contributed by atoms with Crippen LogP contribution >= 0.6 is 0 Å². The summed E-state index contributed by atoms with van der Waals surface area (Å²) in [5.41, 5.74) is 5.15. The number of hydrogen-bond donors (Lipinski definition) is 1. The van der Waals surface area contributed by atoms with E-state index in [9.17, 15) is 0 Å². The van der Waals surface area contributed by atoms with Crippen molar-refractivity contribution in [1.29, 1.82) is 0 Å². The van der Waals surface area contributed by atoms with Gasteiger partial charge in [-0.1, -0.05) is 49.4 Å². The van der Waals surface area contributed by atoms with E-state index in [0.717, 1.165) is 13.0 Å². The van der Waals surface area contributed by atoms with Crippen LogP contribution < -0.4 is 5.32 Å². The zero-order valence-electron chi connectivity index (χ0n) is 10.5. The predicted molar refractivity (Wildman–Crippen MR) is 75.4 cm³/mol. The summed E-state index contributed by atoms with van der Waals surface area (Å²) < 4.78 is 0. The summed E-state index contributed by atoms with van der Waals surface area (Å²) in [5.74, 6) is 0. The highest BCUT2D eigenvalue weighted by Crippen LogP contribution is 2.29. The summed E-state index contributed by atoms with van der Waals surface area (Å²) in [6.07, 6.45) is 1.14. The second-order valence-electron chi connectivity index (χ2n) is 4.29. The number of para-hydroxylation sites is 1. The first-order valence-electron chi connectivity index (χ1n) is 6.22. The Morgan fingerprint density at radius 1 is 0.882 bits per heavy atom. The summed E-state index contributed by atoms with van der Waals surface area (Å²) in [6, 6.07) is 17.0. The third-order valence-electron chi connectivity index (χ3n) is 2.93. The van der Waals surface area contributed by atoms with Gasteiger partial charge in [0.15, 0.2) is 0 Å². The Bertz CT molecular complexity index is 488. The van der Waals surface area contributed by atoms with Gasteiger partial charge in [0.05, 0.1) is 0 Å². The Balaban J connectivity index is 2.41. The van der Waals surface area contributed by atoms with E-state index in [1.54, 1.807) is 0 Å². The molecule has 1 N–H and O–H groups in total. The van der Waals surface area contributed by atoms with Gasteiger partial charge >= 0.3 is 0 Å². The standard InChI is InChI=1S/C16H19N/c1-3-12-17-16-11-7-6-10-15(16)14-9-5-4-8-13(14)2/h4-11,17H,3,12H2,1-2H3. The van der Waals surface area contributed by atoms with Crippen molar-refractivity contribution in [2.75, 3.05) is 11.9 Å². The second-order valence-corrected chi connectivity index (χ2v) is 4.29. The number of benzene rings is 2. The van der Waals surface area contributed by atoms with Crippen LogP contribution in [0.4, 0.5) is 5.69 Å². The first-order chi connectivity index (χ1) is 8.33. The van der Waals surface area contributed by atoms with Crippen LogP contribution in [-0.4, -0.2) is 6.54 Å². The maximum Gasteiger partial charge on any atom is 0.0419 e. The summed E-state index contributed by atoms with van der Waals surface area (Å²) in [4.78, 5) is 0. The Morgan fingerprint density at radius 2 is 1.53 bits per heavy atom. The fourth-order valence-electron chi connectivity index (χ4n) is 2.01. The zero-order valence-corrected chi connectivity index (χ0v) is 10.5. The molecule has 88 valence electrons. The largest absolute Gasteiger partial charge is 0.385 e. The molecular formula is C16H19N. The molecule has 0 heterocycles. The van der Waals surface area contributed by atoms with E-state index in [-0.39, 0.29) is 0 Å². The van der Waals surface area contributed by atoms with Crippen molar-refractivity contribution in [1.82, 2.24) is 0 Å². The summed E-state index contributed by atoms with van der Waals surface area (Å²) in [5, 5.41) is 3.49. The first kappa shape index (κ1) is 11.7. The third-order valence-corrected chi connectivity index (χ3v) is 2.93. The summed E-state index contributed by atoms with van der Waals surface area (Å²) in [6.45, 7) is 5.36. The molecule has 0 aliphatic heterocycles. The van der Waals surface area contributed by atoms with Crippen molar-refractivity contribution in [3.8, 4) is 11.1 Å². The third kappa shape index (κ3) is 2.68. The van der Waals surface area contributed by atoms with E-state index in [1.807, 2.05) is 0 Å². The lowest BCUT2D eigenvalue weighted by atomic mass is 9.99. The van der Waals surface area contributed by atoms with Gasteiger partial charge in [-0.15, -0.1) is 0 Å². The van der Waals surface area contributed by atoms with Gasteiger partial charge in [-0.3, -0.25) is 0 Å². The van der Waals surface area contributed by atoms with Crippen LogP contribution in [0.3, 0.4) is 0 Å². The molecule has 0 amide bonds. The van der Waals surface area contributed by atoms with Crippen LogP contribution in [-0.2, 0) is 0 Å². The molecule has 0 aromatic heterocycles. The van der Waals surface area contributed by atoms with Crippen LogP contribution in [0.25, 0.3) is 11.1 Å². The molecule has 0 atom stereocenters. The molecule has 0 spiro atoms. The number of nitrogens with one attached hydrogen (secondary N) is 1. The van der Waals surface area contributed by atoms with E-state index < -0.39 is 0 Å². The van der Waals surface area contributed by atoms with Crippen molar-refractivity contribution in [2.24, 2.45) is 0 Å². The van der Waals surface area contributed by atoms with Gasteiger partial charge in [0.2, 0.25) is 0 Å². The van der Waals surface area contributed by atoms with Gasteiger partial charge in [-0.05, 0) is 30.5 Å². The molecule has 2 aromatic rings. The lowest BCUT2D eigenvalue weighted by Gasteiger charge is -2.13. The van der Waals surface area contributed by atoms with Crippen molar-refractivity contribution in [2.45, 2.75) is 20.3 Å². The Labute approximate surface area is 103 Å². The average molecular weight is 225 g/mol. The molecule has 0 aliphatic carbocycles. The topological polar surface area (TPSA) is 12.0 Å². The minimum atomic E-state index is 1.02. The monoisotopic (exact) mass is 225 g/mol. The van der Waals surface area contributed by atoms with Gasteiger partial charge in [-0.2, -0.15) is 0 Å². The highest BCUT2D eigenvalue weighted by atomic mass is 14.9. The van der Waals surface area contributed by atoms with E-state index in [4.69, 9.17) is 0 Å².